The first-order valence-corrected chi connectivity index (χ1v) is 12.0. The van der Waals surface area contributed by atoms with Crippen molar-refractivity contribution in [3.8, 4) is 0 Å². The van der Waals surface area contributed by atoms with Crippen molar-refractivity contribution in [2.75, 3.05) is 0 Å². The molecule has 1 atom stereocenters. The molecule has 1 fully saturated rings. The summed E-state index contributed by atoms with van der Waals surface area (Å²) in [4.78, 5) is 28.8. The monoisotopic (exact) mass is 449 g/mol. The van der Waals surface area contributed by atoms with Gasteiger partial charge < -0.3 is 10.3 Å². The minimum Gasteiger partial charge on any atom is -0.353 e. The lowest BCUT2D eigenvalue weighted by atomic mass is 9.81. The predicted molar refractivity (Wildman–Crippen MR) is 131 cm³/mol. The van der Waals surface area contributed by atoms with Gasteiger partial charge in [-0.2, -0.15) is 0 Å². The number of aromatic amines is 1. The van der Waals surface area contributed by atoms with E-state index in [9.17, 15) is 9.59 Å². The SMILES string of the molecule is C[C@H](CCc1ccccc1)NC(=O)C1CCC(Cn2c(=S)[nH]c3ccccc3c2=O)CC1. The lowest BCUT2D eigenvalue weighted by Crippen LogP contribution is -2.39. The van der Waals surface area contributed by atoms with Crippen molar-refractivity contribution in [2.24, 2.45) is 11.8 Å². The molecule has 0 saturated heterocycles. The van der Waals surface area contributed by atoms with Crippen molar-refractivity contribution in [1.82, 2.24) is 14.9 Å². The van der Waals surface area contributed by atoms with Gasteiger partial charge in [-0.1, -0.05) is 42.5 Å². The summed E-state index contributed by atoms with van der Waals surface area (Å²) in [7, 11) is 0. The van der Waals surface area contributed by atoms with Gasteiger partial charge in [0.15, 0.2) is 4.77 Å². The Morgan fingerprint density at radius 1 is 1.09 bits per heavy atom. The summed E-state index contributed by atoms with van der Waals surface area (Å²) in [5, 5.41) is 3.87. The van der Waals surface area contributed by atoms with Gasteiger partial charge in [0.1, 0.15) is 0 Å². The third-order valence-corrected chi connectivity index (χ3v) is 6.97. The molecule has 168 valence electrons. The van der Waals surface area contributed by atoms with E-state index in [0.717, 1.165) is 44.0 Å². The van der Waals surface area contributed by atoms with Gasteiger partial charge in [0.25, 0.3) is 5.56 Å². The van der Waals surface area contributed by atoms with Crippen LogP contribution in [0.2, 0.25) is 0 Å². The van der Waals surface area contributed by atoms with Crippen molar-refractivity contribution in [1.29, 1.82) is 0 Å². The Bertz CT molecular complexity index is 1180. The van der Waals surface area contributed by atoms with E-state index in [2.05, 4.69) is 41.5 Å². The lowest BCUT2D eigenvalue weighted by molar-refractivity contribution is -0.126. The van der Waals surface area contributed by atoms with Gasteiger partial charge in [-0.15, -0.1) is 0 Å². The predicted octanol–water partition coefficient (Wildman–Crippen LogP) is 5.00. The second-order valence-corrected chi connectivity index (χ2v) is 9.43. The number of para-hydroxylation sites is 1. The van der Waals surface area contributed by atoms with Gasteiger partial charge in [0.05, 0.1) is 10.9 Å². The maximum absolute atomic E-state index is 12.9. The minimum absolute atomic E-state index is 0.0311. The van der Waals surface area contributed by atoms with Crippen molar-refractivity contribution >= 4 is 29.0 Å². The van der Waals surface area contributed by atoms with Crippen molar-refractivity contribution < 1.29 is 4.79 Å². The molecule has 0 bridgehead atoms. The van der Waals surface area contributed by atoms with Gasteiger partial charge in [0.2, 0.25) is 5.91 Å². The number of benzene rings is 2. The molecule has 1 heterocycles. The first kappa shape index (κ1) is 22.5. The van der Waals surface area contributed by atoms with Gasteiger partial charge >= 0.3 is 0 Å². The molecule has 2 aromatic carbocycles. The third-order valence-electron chi connectivity index (χ3n) is 6.65. The molecule has 3 aromatic rings. The number of aryl methyl sites for hydroxylation is 1. The molecule has 1 aromatic heterocycles. The van der Waals surface area contributed by atoms with E-state index in [-0.39, 0.29) is 23.4 Å². The summed E-state index contributed by atoms with van der Waals surface area (Å²) in [6.07, 6.45) is 5.50. The van der Waals surface area contributed by atoms with Crippen LogP contribution in [0.5, 0.6) is 0 Å². The molecule has 0 unspecified atom stereocenters. The number of hydrogen-bond donors (Lipinski definition) is 2. The number of carbonyl (C=O) groups is 1. The summed E-state index contributed by atoms with van der Waals surface area (Å²) in [5.41, 5.74) is 2.05. The number of rotatable bonds is 7. The lowest BCUT2D eigenvalue weighted by Gasteiger charge is -2.29. The Hall–Kier alpha value is -2.73. The van der Waals surface area contributed by atoms with Crippen LogP contribution < -0.4 is 10.9 Å². The van der Waals surface area contributed by atoms with Crippen LogP contribution in [0.4, 0.5) is 0 Å². The van der Waals surface area contributed by atoms with E-state index in [1.165, 1.54) is 5.56 Å². The number of nitrogens with zero attached hydrogens (tertiary/aromatic N) is 1. The Kier molecular flexibility index (Phi) is 7.20. The number of H-pyrrole nitrogens is 1. The zero-order chi connectivity index (χ0) is 22.5. The van der Waals surface area contributed by atoms with Crippen molar-refractivity contribution in [3.63, 3.8) is 0 Å². The Labute approximate surface area is 193 Å². The van der Waals surface area contributed by atoms with Crippen LogP contribution in [-0.4, -0.2) is 21.5 Å². The topological polar surface area (TPSA) is 66.9 Å². The van der Waals surface area contributed by atoms with Crippen LogP contribution >= 0.6 is 12.2 Å². The molecule has 1 amide bonds. The summed E-state index contributed by atoms with van der Waals surface area (Å²) in [6.45, 7) is 2.70. The van der Waals surface area contributed by atoms with Crippen molar-refractivity contribution in [3.05, 3.63) is 75.3 Å². The number of hydrogen-bond acceptors (Lipinski definition) is 3. The highest BCUT2D eigenvalue weighted by molar-refractivity contribution is 7.71. The standard InChI is InChI=1S/C26H31N3O2S/c1-18(11-12-19-7-3-2-4-8-19)27-24(30)21-15-13-20(14-16-21)17-29-25(31)22-9-5-6-10-23(22)28-26(29)32/h2-10,18,20-21H,11-17H2,1H3,(H,27,30)(H,28,32)/t18-,20?,21?/m1/s1. The molecule has 1 aliphatic carbocycles. The fourth-order valence-corrected chi connectivity index (χ4v) is 4.96. The second-order valence-electron chi connectivity index (χ2n) is 9.04. The quantitative estimate of drug-likeness (QED) is 0.499. The van der Waals surface area contributed by atoms with E-state index in [4.69, 9.17) is 12.2 Å². The van der Waals surface area contributed by atoms with E-state index < -0.39 is 0 Å². The molecule has 0 spiro atoms. The Balaban J connectivity index is 1.29. The average molecular weight is 450 g/mol. The molecule has 1 aliphatic rings. The van der Waals surface area contributed by atoms with Crippen LogP contribution in [0.25, 0.3) is 10.9 Å². The largest absolute Gasteiger partial charge is 0.353 e. The van der Waals surface area contributed by atoms with Crippen LogP contribution in [0.3, 0.4) is 0 Å². The van der Waals surface area contributed by atoms with Crippen LogP contribution in [-0.2, 0) is 17.8 Å². The number of fused-ring (bicyclic) bond motifs is 1. The normalized spacial score (nSPS) is 19.5. The van der Waals surface area contributed by atoms with Crippen LogP contribution in [0.1, 0.15) is 44.6 Å². The Morgan fingerprint density at radius 2 is 1.78 bits per heavy atom. The highest BCUT2D eigenvalue weighted by Gasteiger charge is 2.27. The second kappa shape index (κ2) is 10.3. The van der Waals surface area contributed by atoms with E-state index in [1.807, 2.05) is 30.3 Å². The fourth-order valence-electron chi connectivity index (χ4n) is 4.69. The van der Waals surface area contributed by atoms with Gasteiger partial charge in [0, 0.05) is 18.5 Å². The first-order valence-electron chi connectivity index (χ1n) is 11.6. The van der Waals surface area contributed by atoms with E-state index in [0.29, 0.717) is 22.6 Å². The number of nitrogens with one attached hydrogen (secondary N) is 2. The average Bonchev–Trinajstić information content (AvgIpc) is 2.81. The molecule has 1 saturated carbocycles. The molecule has 2 N–H and O–H groups in total. The van der Waals surface area contributed by atoms with Gasteiger partial charge in [-0.25, -0.2) is 0 Å². The molecule has 32 heavy (non-hydrogen) atoms. The van der Waals surface area contributed by atoms with Crippen LogP contribution in [0, 0.1) is 16.6 Å². The van der Waals surface area contributed by atoms with Crippen LogP contribution in [0.15, 0.2) is 59.4 Å². The molecule has 5 nitrogen and oxygen atoms in total. The highest BCUT2D eigenvalue weighted by Crippen LogP contribution is 2.30. The van der Waals surface area contributed by atoms with E-state index in [1.54, 1.807) is 4.57 Å². The molecule has 0 aliphatic heterocycles. The number of carbonyl (C=O) groups excluding carboxylic acids is 1. The zero-order valence-electron chi connectivity index (χ0n) is 18.5. The summed E-state index contributed by atoms with van der Waals surface area (Å²) in [5.74, 6) is 0.598. The number of aromatic nitrogens is 2. The molecule has 0 radical (unpaired) electrons. The first-order chi connectivity index (χ1) is 15.5. The molecule has 4 rings (SSSR count). The van der Waals surface area contributed by atoms with Gasteiger partial charge in [-0.3, -0.25) is 14.2 Å². The van der Waals surface area contributed by atoms with Gasteiger partial charge in [-0.05, 0) is 81.3 Å². The maximum Gasteiger partial charge on any atom is 0.262 e. The third kappa shape index (κ3) is 5.36. The Morgan fingerprint density at radius 3 is 2.53 bits per heavy atom. The highest BCUT2D eigenvalue weighted by atomic mass is 32.1. The van der Waals surface area contributed by atoms with Crippen molar-refractivity contribution in [2.45, 2.75) is 58.0 Å². The maximum atomic E-state index is 12.9. The zero-order valence-corrected chi connectivity index (χ0v) is 19.4. The summed E-state index contributed by atoms with van der Waals surface area (Å²) < 4.78 is 2.16. The number of amides is 1. The summed E-state index contributed by atoms with van der Waals surface area (Å²) in [6, 6.07) is 18.0. The fraction of sp³-hybridized carbons (Fsp3) is 0.423. The summed E-state index contributed by atoms with van der Waals surface area (Å²) >= 11 is 5.45. The molecular formula is C26H31N3O2S. The minimum atomic E-state index is -0.0311. The molecular weight excluding hydrogens is 418 g/mol. The van der Waals surface area contributed by atoms with E-state index >= 15 is 0 Å². The molecule has 6 heteroatoms. The smallest absolute Gasteiger partial charge is 0.262 e.